The van der Waals surface area contributed by atoms with E-state index >= 15 is 0 Å². The molecule has 1 nitrogen and oxygen atoms in total. The van der Waals surface area contributed by atoms with Gasteiger partial charge in [-0.15, -0.1) is 0 Å². The quantitative estimate of drug-likeness (QED) is 0.551. The van der Waals surface area contributed by atoms with E-state index < -0.39 is 12.2 Å². The van der Waals surface area contributed by atoms with Crippen LogP contribution in [-0.2, 0) is 0 Å². The predicted molar refractivity (Wildman–Crippen MR) is 31.3 cm³/mol. The van der Waals surface area contributed by atoms with Crippen LogP contribution in [0, 0.1) is 0 Å². The Bertz CT molecular complexity index is 168. The highest BCUT2D eigenvalue weighted by Gasteiger charge is 2.37. The second-order valence-corrected chi connectivity index (χ2v) is 1.93. The van der Waals surface area contributed by atoms with Gasteiger partial charge in [-0.2, -0.15) is 13.2 Å². The molecule has 0 saturated carbocycles. The molecule has 0 aliphatic carbocycles. The average Bonchev–Trinajstić information content (AvgIpc) is 1.88. The number of allylic oxidation sites excluding steroid dienone is 2. The molecule has 0 radical (unpaired) electrons. The normalized spacial score (nSPS) is 24.5. The van der Waals surface area contributed by atoms with Crippen molar-refractivity contribution in [2.45, 2.75) is 12.2 Å². The van der Waals surface area contributed by atoms with Crippen LogP contribution < -0.4 is 5.32 Å². The lowest BCUT2D eigenvalue weighted by Gasteiger charge is -2.18. The fraction of sp³-hybridized carbons (Fsp3) is 0.333. The van der Waals surface area contributed by atoms with Gasteiger partial charge in [0.2, 0.25) is 0 Å². The molecule has 4 heteroatoms. The first-order valence-corrected chi connectivity index (χ1v) is 2.77. The van der Waals surface area contributed by atoms with Crippen LogP contribution >= 0.6 is 0 Å². The third kappa shape index (κ3) is 1.52. The van der Waals surface area contributed by atoms with Crippen LogP contribution in [0.1, 0.15) is 0 Å². The van der Waals surface area contributed by atoms with Gasteiger partial charge >= 0.3 is 6.18 Å². The predicted octanol–water partition coefficient (Wildman–Crippen LogP) is 1.59. The number of hydrogen-bond donors (Lipinski definition) is 1. The van der Waals surface area contributed by atoms with E-state index in [9.17, 15) is 13.2 Å². The van der Waals surface area contributed by atoms with Gasteiger partial charge in [0, 0.05) is 0 Å². The van der Waals surface area contributed by atoms with Crippen molar-refractivity contribution >= 4 is 0 Å². The smallest absolute Gasteiger partial charge is 0.377 e. The molecule has 1 atom stereocenters. The highest BCUT2D eigenvalue weighted by molar-refractivity contribution is 5.13. The molecule has 1 rings (SSSR count). The van der Waals surface area contributed by atoms with Crippen molar-refractivity contribution in [2.24, 2.45) is 0 Å². The van der Waals surface area contributed by atoms with Crippen LogP contribution in [-0.4, -0.2) is 12.2 Å². The number of dihydropyridines is 1. The summed E-state index contributed by atoms with van der Waals surface area (Å²) in [5.41, 5.74) is 0. The number of alkyl halides is 3. The SMILES string of the molecule is FC(F)(F)C1C=CC=CN1. The molecule has 1 unspecified atom stereocenters. The largest absolute Gasteiger partial charge is 0.412 e. The van der Waals surface area contributed by atoms with E-state index in [-0.39, 0.29) is 0 Å². The van der Waals surface area contributed by atoms with Crippen LogP contribution in [0.3, 0.4) is 0 Å². The summed E-state index contributed by atoms with van der Waals surface area (Å²) in [6.07, 6.45) is 1.05. The van der Waals surface area contributed by atoms with Gasteiger partial charge in [-0.1, -0.05) is 12.2 Å². The summed E-state index contributed by atoms with van der Waals surface area (Å²) in [6, 6.07) is -1.52. The van der Waals surface area contributed by atoms with Crippen molar-refractivity contribution < 1.29 is 13.2 Å². The molecule has 0 aromatic carbocycles. The summed E-state index contributed by atoms with van der Waals surface area (Å²) >= 11 is 0. The Balaban J connectivity index is 2.60. The maximum atomic E-state index is 11.8. The van der Waals surface area contributed by atoms with E-state index in [1.165, 1.54) is 18.4 Å². The molecule has 0 amide bonds. The molecular weight excluding hydrogens is 143 g/mol. The fourth-order valence-corrected chi connectivity index (χ4v) is 0.649. The Kier molecular flexibility index (Phi) is 1.70. The van der Waals surface area contributed by atoms with Gasteiger partial charge in [-0.3, -0.25) is 0 Å². The summed E-state index contributed by atoms with van der Waals surface area (Å²) in [5.74, 6) is 0. The van der Waals surface area contributed by atoms with Gasteiger partial charge in [0.25, 0.3) is 0 Å². The average molecular weight is 149 g/mol. The fourth-order valence-electron chi connectivity index (χ4n) is 0.649. The molecule has 0 saturated heterocycles. The van der Waals surface area contributed by atoms with Gasteiger partial charge < -0.3 is 5.32 Å². The van der Waals surface area contributed by atoms with Crippen LogP contribution in [0.4, 0.5) is 13.2 Å². The topological polar surface area (TPSA) is 12.0 Å². The van der Waals surface area contributed by atoms with Gasteiger partial charge in [-0.25, -0.2) is 0 Å². The Morgan fingerprint density at radius 1 is 1.20 bits per heavy atom. The molecule has 1 aliphatic heterocycles. The second-order valence-electron chi connectivity index (χ2n) is 1.93. The highest BCUT2D eigenvalue weighted by Crippen LogP contribution is 2.21. The van der Waals surface area contributed by atoms with Crippen LogP contribution in [0.25, 0.3) is 0 Å². The zero-order valence-electron chi connectivity index (χ0n) is 5.02. The number of rotatable bonds is 0. The zero-order chi connectivity index (χ0) is 7.61. The first kappa shape index (κ1) is 7.18. The molecule has 0 spiro atoms. The summed E-state index contributed by atoms with van der Waals surface area (Å²) < 4.78 is 35.4. The summed E-state index contributed by atoms with van der Waals surface area (Å²) in [6.45, 7) is 0. The molecule has 1 heterocycles. The molecule has 1 aliphatic rings. The van der Waals surface area contributed by atoms with E-state index in [2.05, 4.69) is 5.32 Å². The van der Waals surface area contributed by atoms with Gasteiger partial charge in [0.15, 0.2) is 0 Å². The van der Waals surface area contributed by atoms with Crippen LogP contribution in [0.5, 0.6) is 0 Å². The Labute approximate surface area is 56.2 Å². The third-order valence-electron chi connectivity index (χ3n) is 1.14. The van der Waals surface area contributed by atoms with Crippen molar-refractivity contribution in [3.8, 4) is 0 Å². The lowest BCUT2D eigenvalue weighted by Crippen LogP contribution is -2.38. The van der Waals surface area contributed by atoms with E-state index in [1.54, 1.807) is 0 Å². The number of nitrogens with one attached hydrogen (secondary N) is 1. The molecule has 10 heavy (non-hydrogen) atoms. The minimum atomic E-state index is -4.18. The summed E-state index contributed by atoms with van der Waals surface area (Å²) in [4.78, 5) is 0. The Morgan fingerprint density at radius 2 is 1.90 bits per heavy atom. The minimum absolute atomic E-state index is 1.07. The highest BCUT2D eigenvalue weighted by atomic mass is 19.4. The van der Waals surface area contributed by atoms with E-state index in [0.29, 0.717) is 0 Å². The van der Waals surface area contributed by atoms with Crippen molar-refractivity contribution in [2.75, 3.05) is 0 Å². The molecule has 0 bridgehead atoms. The molecule has 0 aromatic heterocycles. The van der Waals surface area contributed by atoms with Crippen molar-refractivity contribution in [1.82, 2.24) is 5.32 Å². The zero-order valence-corrected chi connectivity index (χ0v) is 5.02. The standard InChI is InChI=1S/C6H6F3N/c7-6(8,9)5-3-1-2-4-10-5/h1-5,10H. The van der Waals surface area contributed by atoms with Crippen molar-refractivity contribution in [1.29, 1.82) is 0 Å². The van der Waals surface area contributed by atoms with Gasteiger partial charge in [-0.05, 0) is 12.3 Å². The first-order chi connectivity index (χ1) is 4.61. The Hall–Kier alpha value is -0.930. The Morgan fingerprint density at radius 3 is 2.20 bits per heavy atom. The van der Waals surface area contributed by atoms with Gasteiger partial charge in [0.05, 0.1) is 0 Å². The van der Waals surface area contributed by atoms with Gasteiger partial charge in [0.1, 0.15) is 6.04 Å². The van der Waals surface area contributed by atoms with Crippen LogP contribution in [0.15, 0.2) is 24.4 Å². The summed E-state index contributed by atoms with van der Waals surface area (Å²) in [5, 5.41) is 2.17. The molecular formula is C6H6F3N. The lowest BCUT2D eigenvalue weighted by atomic mass is 10.2. The van der Waals surface area contributed by atoms with Crippen molar-refractivity contribution in [3.05, 3.63) is 24.4 Å². The summed E-state index contributed by atoms with van der Waals surface area (Å²) in [7, 11) is 0. The number of hydrogen-bond acceptors (Lipinski definition) is 1. The molecule has 1 N–H and O–H groups in total. The van der Waals surface area contributed by atoms with Crippen LogP contribution in [0.2, 0.25) is 0 Å². The molecule has 0 aromatic rings. The van der Waals surface area contributed by atoms with E-state index in [0.717, 1.165) is 6.08 Å². The monoisotopic (exact) mass is 149 g/mol. The second kappa shape index (κ2) is 2.36. The lowest BCUT2D eigenvalue weighted by molar-refractivity contribution is -0.142. The maximum Gasteiger partial charge on any atom is 0.412 e. The minimum Gasteiger partial charge on any atom is -0.377 e. The first-order valence-electron chi connectivity index (χ1n) is 2.77. The third-order valence-corrected chi connectivity index (χ3v) is 1.14. The molecule has 0 fully saturated rings. The van der Waals surface area contributed by atoms with E-state index in [4.69, 9.17) is 0 Å². The van der Waals surface area contributed by atoms with Crippen molar-refractivity contribution in [3.63, 3.8) is 0 Å². The van der Waals surface area contributed by atoms with E-state index in [1.807, 2.05) is 0 Å². The number of halogens is 3. The molecule has 56 valence electrons. The maximum absolute atomic E-state index is 11.8.